The van der Waals surface area contributed by atoms with Gasteiger partial charge in [0.15, 0.2) is 6.61 Å². The fraction of sp³-hybridized carbons (Fsp3) is 0.500. The van der Waals surface area contributed by atoms with Gasteiger partial charge in [-0.25, -0.2) is 0 Å². The predicted molar refractivity (Wildman–Crippen MR) is 84.3 cm³/mol. The molecule has 2 heterocycles. The number of nitrogens with zero attached hydrogens (tertiary/aromatic N) is 1. The van der Waals surface area contributed by atoms with Gasteiger partial charge in [0, 0.05) is 38.5 Å². The number of aliphatic hydroxyl groups is 1. The third kappa shape index (κ3) is 3.62. The monoisotopic (exact) mass is 319 g/mol. The maximum Gasteiger partial charge on any atom is 0.265 e. The molecular formula is C16H21N3O4. The second-order valence-electron chi connectivity index (χ2n) is 5.84. The summed E-state index contributed by atoms with van der Waals surface area (Å²) in [4.78, 5) is 25.6. The second kappa shape index (κ2) is 6.97. The van der Waals surface area contributed by atoms with Crippen LogP contribution in [0.5, 0.6) is 5.75 Å². The van der Waals surface area contributed by atoms with Crippen LogP contribution >= 0.6 is 0 Å². The summed E-state index contributed by atoms with van der Waals surface area (Å²) in [5, 5.41) is 15.6. The molecule has 0 aromatic heterocycles. The Labute approximate surface area is 134 Å². The number of ether oxygens (including phenoxy) is 1. The van der Waals surface area contributed by atoms with Crippen molar-refractivity contribution >= 4 is 17.5 Å². The lowest BCUT2D eigenvalue weighted by molar-refractivity contribution is -0.122. The quantitative estimate of drug-likeness (QED) is 0.681. The molecule has 124 valence electrons. The van der Waals surface area contributed by atoms with Gasteiger partial charge in [0.1, 0.15) is 5.75 Å². The summed E-state index contributed by atoms with van der Waals surface area (Å²) in [6, 6.07) is 7.30. The van der Waals surface area contributed by atoms with E-state index < -0.39 is 6.10 Å². The number of benzene rings is 1. The van der Waals surface area contributed by atoms with Crippen LogP contribution in [0.1, 0.15) is 6.42 Å². The maximum absolute atomic E-state index is 12.0. The van der Waals surface area contributed by atoms with Gasteiger partial charge in [-0.15, -0.1) is 0 Å². The van der Waals surface area contributed by atoms with Gasteiger partial charge in [0.2, 0.25) is 5.91 Å². The van der Waals surface area contributed by atoms with Gasteiger partial charge in [0.05, 0.1) is 11.8 Å². The molecule has 2 amide bonds. The summed E-state index contributed by atoms with van der Waals surface area (Å²) in [5.74, 6) is 0.435. The van der Waals surface area contributed by atoms with Gasteiger partial charge in [-0.05, 0) is 12.1 Å². The number of amides is 2. The highest BCUT2D eigenvalue weighted by Crippen LogP contribution is 2.31. The Morgan fingerprint density at radius 3 is 3.00 bits per heavy atom. The molecule has 0 bridgehead atoms. The molecule has 1 saturated heterocycles. The topological polar surface area (TPSA) is 90.9 Å². The minimum absolute atomic E-state index is 0.00142. The van der Waals surface area contributed by atoms with Gasteiger partial charge >= 0.3 is 0 Å². The summed E-state index contributed by atoms with van der Waals surface area (Å²) < 4.78 is 5.37. The summed E-state index contributed by atoms with van der Waals surface area (Å²) >= 11 is 0. The minimum Gasteiger partial charge on any atom is -0.482 e. The first-order valence-electron chi connectivity index (χ1n) is 7.83. The summed E-state index contributed by atoms with van der Waals surface area (Å²) in [6.07, 6.45) is -0.195. The Balaban J connectivity index is 1.51. The zero-order valence-electron chi connectivity index (χ0n) is 12.8. The molecule has 7 nitrogen and oxygen atoms in total. The zero-order valence-corrected chi connectivity index (χ0v) is 12.8. The molecular weight excluding hydrogens is 298 g/mol. The molecule has 23 heavy (non-hydrogen) atoms. The minimum atomic E-state index is -0.414. The molecule has 2 aliphatic heterocycles. The van der Waals surface area contributed by atoms with Crippen LogP contribution in [-0.4, -0.2) is 55.8 Å². The smallest absolute Gasteiger partial charge is 0.265 e. The van der Waals surface area contributed by atoms with Crippen molar-refractivity contribution in [1.82, 2.24) is 10.6 Å². The standard InChI is InChI=1S/C16H21N3O4/c20-13-9-17-7-11(13)8-18-15(21)5-6-19-12-3-1-2-4-14(12)23-10-16(19)22/h1-4,11,13,17,20H,5-10H2,(H,18,21). The van der Waals surface area contributed by atoms with E-state index in [1.54, 1.807) is 4.90 Å². The fourth-order valence-electron chi connectivity index (χ4n) is 2.87. The molecule has 2 unspecified atom stereocenters. The molecule has 2 atom stereocenters. The van der Waals surface area contributed by atoms with E-state index in [9.17, 15) is 14.7 Å². The molecule has 0 spiro atoms. The average Bonchev–Trinajstić information content (AvgIpc) is 2.97. The number of nitrogens with one attached hydrogen (secondary N) is 2. The third-order valence-electron chi connectivity index (χ3n) is 4.24. The second-order valence-corrected chi connectivity index (χ2v) is 5.84. The van der Waals surface area contributed by atoms with Crippen LogP contribution in [0, 0.1) is 5.92 Å². The Morgan fingerprint density at radius 2 is 2.22 bits per heavy atom. The van der Waals surface area contributed by atoms with E-state index in [-0.39, 0.29) is 30.8 Å². The molecule has 1 aromatic rings. The Hall–Kier alpha value is -2.12. The number of para-hydroxylation sites is 2. The van der Waals surface area contributed by atoms with Gasteiger partial charge in [-0.2, -0.15) is 0 Å². The number of fused-ring (bicyclic) bond motifs is 1. The number of hydrogen-bond donors (Lipinski definition) is 3. The van der Waals surface area contributed by atoms with Crippen molar-refractivity contribution in [3.8, 4) is 5.75 Å². The largest absolute Gasteiger partial charge is 0.482 e. The van der Waals surface area contributed by atoms with Crippen molar-refractivity contribution < 1.29 is 19.4 Å². The SMILES string of the molecule is O=C(CCN1C(=O)COc2ccccc21)NCC1CNCC1O. The van der Waals surface area contributed by atoms with Crippen molar-refractivity contribution in [2.75, 3.05) is 37.7 Å². The molecule has 3 rings (SSSR count). The molecule has 1 aromatic carbocycles. The van der Waals surface area contributed by atoms with Gasteiger partial charge < -0.3 is 25.4 Å². The third-order valence-corrected chi connectivity index (χ3v) is 4.24. The van der Waals surface area contributed by atoms with E-state index in [0.29, 0.717) is 37.6 Å². The van der Waals surface area contributed by atoms with Crippen LogP contribution in [0.25, 0.3) is 0 Å². The number of aliphatic hydroxyl groups excluding tert-OH is 1. The molecule has 0 radical (unpaired) electrons. The number of β-amino-alcohol motifs (C(OH)–C–C–N with tert-alkyl or cyclic N) is 1. The van der Waals surface area contributed by atoms with Crippen LogP contribution in [0.2, 0.25) is 0 Å². The normalized spacial score (nSPS) is 23.3. The van der Waals surface area contributed by atoms with Crippen molar-refractivity contribution in [2.45, 2.75) is 12.5 Å². The molecule has 7 heteroatoms. The first kappa shape index (κ1) is 15.8. The van der Waals surface area contributed by atoms with Crippen LogP contribution < -0.4 is 20.3 Å². The van der Waals surface area contributed by atoms with Crippen molar-refractivity contribution in [3.05, 3.63) is 24.3 Å². The summed E-state index contributed by atoms with van der Waals surface area (Å²) in [6.45, 7) is 2.03. The van der Waals surface area contributed by atoms with Gasteiger partial charge in [0.25, 0.3) is 5.91 Å². The molecule has 1 fully saturated rings. The Bertz CT molecular complexity index is 592. The number of carbonyl (C=O) groups excluding carboxylic acids is 2. The van der Waals surface area contributed by atoms with E-state index in [0.717, 1.165) is 0 Å². The molecule has 0 aliphatic carbocycles. The van der Waals surface area contributed by atoms with Crippen LogP contribution in [0.3, 0.4) is 0 Å². The number of anilines is 1. The Morgan fingerprint density at radius 1 is 1.39 bits per heavy atom. The van der Waals surface area contributed by atoms with Crippen molar-refractivity contribution in [2.24, 2.45) is 5.92 Å². The number of carbonyl (C=O) groups is 2. The number of hydrogen-bond acceptors (Lipinski definition) is 5. The fourth-order valence-corrected chi connectivity index (χ4v) is 2.87. The lowest BCUT2D eigenvalue weighted by Crippen LogP contribution is -2.41. The molecule has 3 N–H and O–H groups in total. The average molecular weight is 319 g/mol. The van der Waals surface area contributed by atoms with Gasteiger partial charge in [-0.3, -0.25) is 9.59 Å². The van der Waals surface area contributed by atoms with Crippen LogP contribution in [0.4, 0.5) is 5.69 Å². The van der Waals surface area contributed by atoms with Crippen LogP contribution in [-0.2, 0) is 9.59 Å². The van der Waals surface area contributed by atoms with Gasteiger partial charge in [-0.1, -0.05) is 12.1 Å². The predicted octanol–water partition coefficient (Wildman–Crippen LogP) is -0.501. The summed E-state index contributed by atoms with van der Waals surface area (Å²) in [7, 11) is 0. The first-order valence-corrected chi connectivity index (χ1v) is 7.83. The van der Waals surface area contributed by atoms with E-state index >= 15 is 0 Å². The maximum atomic E-state index is 12.0. The van der Waals surface area contributed by atoms with E-state index in [1.165, 1.54) is 0 Å². The number of rotatable bonds is 5. The lowest BCUT2D eigenvalue weighted by atomic mass is 10.1. The van der Waals surface area contributed by atoms with E-state index in [4.69, 9.17) is 4.74 Å². The Kier molecular flexibility index (Phi) is 4.78. The van der Waals surface area contributed by atoms with E-state index in [2.05, 4.69) is 10.6 Å². The van der Waals surface area contributed by atoms with Crippen molar-refractivity contribution in [3.63, 3.8) is 0 Å². The molecule has 0 saturated carbocycles. The highest BCUT2D eigenvalue weighted by Gasteiger charge is 2.27. The van der Waals surface area contributed by atoms with Crippen molar-refractivity contribution in [1.29, 1.82) is 0 Å². The zero-order chi connectivity index (χ0) is 16.2. The highest BCUT2D eigenvalue weighted by atomic mass is 16.5. The summed E-state index contributed by atoms with van der Waals surface area (Å²) in [5.41, 5.74) is 0.701. The molecule has 2 aliphatic rings. The highest BCUT2D eigenvalue weighted by molar-refractivity contribution is 5.98. The van der Waals surface area contributed by atoms with Crippen LogP contribution in [0.15, 0.2) is 24.3 Å². The first-order chi connectivity index (χ1) is 11.1. The van der Waals surface area contributed by atoms with E-state index in [1.807, 2.05) is 24.3 Å². The lowest BCUT2D eigenvalue weighted by Gasteiger charge is -2.29.